The zero-order valence-electron chi connectivity index (χ0n) is 24.2. The molecule has 0 spiro atoms. The second-order valence-electron chi connectivity index (χ2n) is 11.7. The highest BCUT2D eigenvalue weighted by Gasteiger charge is 2.33. The summed E-state index contributed by atoms with van der Waals surface area (Å²) in [6.07, 6.45) is 2.55. The summed E-state index contributed by atoms with van der Waals surface area (Å²) in [4.78, 5) is 30.0. The molecule has 1 aromatic rings. The molecule has 42 heavy (non-hydrogen) atoms. The molecule has 2 fully saturated rings. The lowest BCUT2D eigenvalue weighted by Crippen LogP contribution is -2.43. The molecule has 0 saturated carbocycles. The van der Waals surface area contributed by atoms with Crippen LogP contribution in [0.3, 0.4) is 0 Å². The maximum atomic E-state index is 13.7. The third kappa shape index (κ3) is 8.08. The standard InChI is InChI=1S/C30H39F3N5O3P/c1-29(2)7-4-22(17-24(29)25(34)18-26(42)28(40)35-21-5-8-37(3)9-6-21)36-27(39)19-14-20(30(31,32)33)16-23(15-19)38-10-12-41-13-11-38/h4,14-18,21,34H,5-13,42H2,1-3H3,(H,35,40)(H,36,39)/b26-18-,34-25?. The van der Waals surface area contributed by atoms with Gasteiger partial charge < -0.3 is 30.6 Å². The van der Waals surface area contributed by atoms with Gasteiger partial charge in [0.15, 0.2) is 0 Å². The molecule has 228 valence electrons. The Balaban J connectivity index is 1.50. The van der Waals surface area contributed by atoms with E-state index in [2.05, 4.69) is 24.8 Å². The second kappa shape index (κ2) is 13.1. The van der Waals surface area contributed by atoms with Gasteiger partial charge in [-0.1, -0.05) is 29.2 Å². The third-order valence-corrected chi connectivity index (χ3v) is 8.34. The molecular weight excluding hydrogens is 566 g/mol. The molecule has 1 atom stereocenters. The Kier molecular flexibility index (Phi) is 9.96. The van der Waals surface area contributed by atoms with Crippen molar-refractivity contribution >= 4 is 32.5 Å². The number of nitrogens with one attached hydrogen (secondary N) is 3. The lowest BCUT2D eigenvalue weighted by molar-refractivity contribution is -0.137. The molecule has 0 radical (unpaired) electrons. The average Bonchev–Trinajstić information content (AvgIpc) is 2.94. The van der Waals surface area contributed by atoms with E-state index in [1.54, 1.807) is 17.1 Å². The molecular formula is C30H39F3N5O3P. The molecule has 3 N–H and O–H groups in total. The number of nitrogens with zero attached hydrogens (tertiary/aromatic N) is 2. The van der Waals surface area contributed by atoms with E-state index in [0.29, 0.717) is 55.0 Å². The van der Waals surface area contributed by atoms with E-state index < -0.39 is 23.1 Å². The molecule has 1 unspecified atom stereocenters. The van der Waals surface area contributed by atoms with Gasteiger partial charge in [-0.05, 0) is 80.7 Å². The number of carbonyl (C=O) groups is 2. The van der Waals surface area contributed by atoms with Crippen molar-refractivity contribution in [2.45, 2.75) is 45.3 Å². The summed E-state index contributed by atoms with van der Waals surface area (Å²) in [7, 11) is 4.45. The van der Waals surface area contributed by atoms with E-state index in [1.807, 2.05) is 20.9 Å². The fourth-order valence-corrected chi connectivity index (χ4v) is 5.50. The van der Waals surface area contributed by atoms with Crippen LogP contribution in [0.15, 0.2) is 53.0 Å². The van der Waals surface area contributed by atoms with Crippen LogP contribution < -0.4 is 15.5 Å². The van der Waals surface area contributed by atoms with E-state index >= 15 is 0 Å². The quantitative estimate of drug-likeness (QED) is 0.242. The van der Waals surface area contributed by atoms with E-state index in [4.69, 9.17) is 10.1 Å². The van der Waals surface area contributed by atoms with Crippen molar-refractivity contribution in [2.75, 3.05) is 51.3 Å². The maximum Gasteiger partial charge on any atom is 0.416 e. The molecule has 2 aliphatic heterocycles. The normalized spacial score (nSPS) is 20.5. The number of likely N-dealkylation sites (tertiary alicyclic amines) is 1. The predicted octanol–water partition coefficient (Wildman–Crippen LogP) is 4.50. The second-order valence-corrected chi connectivity index (χ2v) is 12.3. The molecule has 1 aliphatic carbocycles. The van der Waals surface area contributed by atoms with Crippen LogP contribution in [0.25, 0.3) is 0 Å². The van der Waals surface area contributed by atoms with Crippen molar-refractivity contribution in [3.05, 3.63) is 64.1 Å². The van der Waals surface area contributed by atoms with Crippen LogP contribution in [0.2, 0.25) is 0 Å². The number of rotatable bonds is 7. The topological polar surface area (TPSA) is 97.8 Å². The molecule has 2 saturated heterocycles. The van der Waals surface area contributed by atoms with Crippen LogP contribution in [0.4, 0.5) is 18.9 Å². The molecule has 4 rings (SSSR count). The van der Waals surface area contributed by atoms with E-state index in [0.717, 1.165) is 38.1 Å². The fraction of sp³-hybridized carbons (Fsp3) is 0.500. The van der Waals surface area contributed by atoms with Crippen LogP contribution in [-0.2, 0) is 15.7 Å². The summed E-state index contributed by atoms with van der Waals surface area (Å²) in [6, 6.07) is 3.45. The highest BCUT2D eigenvalue weighted by molar-refractivity contribution is 7.25. The summed E-state index contributed by atoms with van der Waals surface area (Å²) in [5, 5.41) is 14.9. The number of alkyl halides is 3. The highest BCUT2D eigenvalue weighted by atomic mass is 31.0. The minimum atomic E-state index is -4.62. The van der Waals surface area contributed by atoms with E-state index in [1.165, 1.54) is 12.1 Å². The Labute approximate surface area is 247 Å². The van der Waals surface area contributed by atoms with Crippen LogP contribution >= 0.6 is 9.24 Å². The van der Waals surface area contributed by atoms with Crippen molar-refractivity contribution in [3.63, 3.8) is 0 Å². The Bertz CT molecular complexity index is 1310. The molecule has 0 bridgehead atoms. The first kappa shape index (κ1) is 31.9. The van der Waals surface area contributed by atoms with Gasteiger partial charge in [-0.3, -0.25) is 9.59 Å². The van der Waals surface area contributed by atoms with Gasteiger partial charge in [-0.25, -0.2) is 0 Å². The summed E-state index contributed by atoms with van der Waals surface area (Å²) in [6.45, 7) is 7.38. The first-order valence-electron chi connectivity index (χ1n) is 14.1. The van der Waals surface area contributed by atoms with Crippen molar-refractivity contribution in [1.82, 2.24) is 15.5 Å². The first-order valence-corrected chi connectivity index (χ1v) is 14.6. The Hall–Kier alpha value is -3.01. The Morgan fingerprint density at radius 3 is 2.43 bits per heavy atom. The van der Waals surface area contributed by atoms with E-state index in [-0.39, 0.29) is 23.2 Å². The molecule has 1 aromatic carbocycles. The van der Waals surface area contributed by atoms with Gasteiger partial charge in [-0.15, -0.1) is 0 Å². The number of amides is 2. The first-order chi connectivity index (χ1) is 19.7. The van der Waals surface area contributed by atoms with Gasteiger partial charge in [0, 0.05) is 41.4 Å². The number of anilines is 1. The number of hydrogen-bond donors (Lipinski definition) is 3. The minimum Gasteiger partial charge on any atom is -0.378 e. The molecule has 12 heteroatoms. The van der Waals surface area contributed by atoms with Gasteiger partial charge in [-0.2, -0.15) is 13.2 Å². The zero-order chi connectivity index (χ0) is 30.7. The summed E-state index contributed by atoms with van der Waals surface area (Å²) < 4.78 is 46.5. The summed E-state index contributed by atoms with van der Waals surface area (Å²) >= 11 is 0. The van der Waals surface area contributed by atoms with Crippen molar-refractivity contribution in [1.29, 1.82) is 5.41 Å². The lowest BCUT2D eigenvalue weighted by Gasteiger charge is -2.31. The summed E-state index contributed by atoms with van der Waals surface area (Å²) in [5.74, 6) is -0.929. The average molecular weight is 606 g/mol. The number of morpholine rings is 1. The van der Waals surface area contributed by atoms with Crippen molar-refractivity contribution in [2.24, 2.45) is 5.41 Å². The van der Waals surface area contributed by atoms with E-state index in [9.17, 15) is 22.8 Å². The van der Waals surface area contributed by atoms with Crippen molar-refractivity contribution in [3.8, 4) is 0 Å². The molecule has 2 heterocycles. The fourth-order valence-electron chi connectivity index (χ4n) is 5.25. The Morgan fingerprint density at radius 1 is 1.12 bits per heavy atom. The SMILES string of the molecule is CN1CCC(NC(=O)/C(P)=C/C(=N)C2=CC(NC(=O)c3cc(N4CCOCC4)cc(C(F)(F)F)c3)=CCC2(C)C)CC1. The number of ether oxygens (including phenoxy) is 1. The smallest absolute Gasteiger partial charge is 0.378 e. The Morgan fingerprint density at radius 2 is 1.79 bits per heavy atom. The molecule has 8 nitrogen and oxygen atoms in total. The van der Waals surface area contributed by atoms with Crippen LogP contribution in [0, 0.1) is 10.8 Å². The number of hydrogen-bond acceptors (Lipinski definition) is 6. The number of allylic oxidation sites excluding steroid dienone is 4. The molecule has 3 aliphatic rings. The number of carbonyl (C=O) groups excluding carboxylic acids is 2. The summed E-state index contributed by atoms with van der Waals surface area (Å²) in [5.41, 5.74) is -0.0467. The van der Waals surface area contributed by atoms with Gasteiger partial charge in [0.2, 0.25) is 0 Å². The predicted molar refractivity (Wildman–Crippen MR) is 161 cm³/mol. The van der Waals surface area contributed by atoms with Gasteiger partial charge in [0.1, 0.15) is 0 Å². The molecule has 0 aromatic heterocycles. The van der Waals surface area contributed by atoms with Gasteiger partial charge in [0.25, 0.3) is 11.8 Å². The number of benzene rings is 1. The monoisotopic (exact) mass is 605 g/mol. The van der Waals surface area contributed by atoms with Gasteiger partial charge in [0.05, 0.1) is 24.5 Å². The van der Waals surface area contributed by atoms with Crippen molar-refractivity contribution < 1.29 is 27.5 Å². The lowest BCUT2D eigenvalue weighted by atomic mass is 9.75. The van der Waals surface area contributed by atoms with Crippen LogP contribution in [0.1, 0.15) is 49.0 Å². The third-order valence-electron chi connectivity index (χ3n) is 7.91. The highest BCUT2D eigenvalue weighted by Crippen LogP contribution is 2.37. The van der Waals surface area contributed by atoms with Gasteiger partial charge >= 0.3 is 6.18 Å². The number of halogens is 3. The zero-order valence-corrected chi connectivity index (χ0v) is 25.4. The number of piperidine rings is 1. The minimum absolute atomic E-state index is 0.0848. The largest absolute Gasteiger partial charge is 0.416 e. The molecule has 2 amide bonds. The van der Waals surface area contributed by atoms with Crippen LogP contribution in [0.5, 0.6) is 0 Å². The maximum absolute atomic E-state index is 13.7. The van der Waals surface area contributed by atoms with Crippen LogP contribution in [-0.4, -0.2) is 74.9 Å².